The third-order valence-corrected chi connectivity index (χ3v) is 4.82. The zero-order valence-electron chi connectivity index (χ0n) is 13.4. The molecule has 25 heavy (non-hydrogen) atoms. The summed E-state index contributed by atoms with van der Waals surface area (Å²) in [5.74, 6) is -0.226. The number of aromatic nitrogens is 2. The molecule has 2 aromatic carbocycles. The summed E-state index contributed by atoms with van der Waals surface area (Å²) in [5.41, 5.74) is 3.62. The highest BCUT2D eigenvalue weighted by Gasteiger charge is 2.20. The number of carbonyl (C=O) groups is 1. The van der Waals surface area contributed by atoms with Crippen molar-refractivity contribution < 1.29 is 4.79 Å². The molecule has 7 heteroatoms. The van der Waals surface area contributed by atoms with Crippen molar-refractivity contribution in [2.45, 2.75) is 12.5 Å². The zero-order chi connectivity index (χ0) is 17.4. The van der Waals surface area contributed by atoms with Gasteiger partial charge in [0.2, 0.25) is 0 Å². The summed E-state index contributed by atoms with van der Waals surface area (Å²) in [4.78, 5) is 29.1. The average Bonchev–Trinajstić information content (AvgIpc) is 3.00. The van der Waals surface area contributed by atoms with Crippen LogP contribution in [0.1, 0.15) is 27.5 Å². The second-order valence-corrected chi connectivity index (χ2v) is 6.53. The van der Waals surface area contributed by atoms with Gasteiger partial charge in [-0.05, 0) is 36.2 Å². The molecule has 0 bridgehead atoms. The number of imidazole rings is 1. The highest BCUT2D eigenvalue weighted by atomic mass is 35.5. The van der Waals surface area contributed by atoms with Gasteiger partial charge in [-0.1, -0.05) is 35.9 Å². The van der Waals surface area contributed by atoms with Gasteiger partial charge in [-0.15, -0.1) is 0 Å². The highest BCUT2D eigenvalue weighted by Crippen LogP contribution is 2.23. The molecule has 4 N–H and O–H groups in total. The fraction of sp³-hybridized carbons (Fsp3) is 0.222. The van der Waals surface area contributed by atoms with Crippen molar-refractivity contribution in [3.63, 3.8) is 0 Å². The molecule has 0 radical (unpaired) electrons. The van der Waals surface area contributed by atoms with Crippen LogP contribution >= 0.6 is 11.6 Å². The Labute approximate surface area is 148 Å². The number of benzene rings is 2. The molecule has 0 spiro atoms. The van der Waals surface area contributed by atoms with Crippen molar-refractivity contribution >= 4 is 28.5 Å². The van der Waals surface area contributed by atoms with Crippen LogP contribution in [0.2, 0.25) is 5.02 Å². The fourth-order valence-electron chi connectivity index (χ4n) is 3.30. The Balaban J connectivity index is 1.52. The first kappa shape index (κ1) is 15.9. The monoisotopic (exact) mass is 356 g/mol. The van der Waals surface area contributed by atoms with Crippen LogP contribution < -0.4 is 16.3 Å². The van der Waals surface area contributed by atoms with Crippen molar-refractivity contribution in [2.75, 3.05) is 13.1 Å². The number of H-pyrrole nitrogens is 2. The number of aromatic amines is 2. The summed E-state index contributed by atoms with van der Waals surface area (Å²) in [6.45, 7) is 1.37. The fourth-order valence-corrected chi connectivity index (χ4v) is 3.57. The first-order valence-electron chi connectivity index (χ1n) is 8.13. The third-order valence-electron chi connectivity index (χ3n) is 4.52. The molecule has 6 nitrogen and oxygen atoms in total. The van der Waals surface area contributed by atoms with E-state index in [2.05, 4.69) is 32.7 Å². The molecule has 1 amide bonds. The lowest BCUT2D eigenvalue weighted by molar-refractivity contribution is 0.0949. The minimum atomic E-state index is -0.350. The molecule has 1 aliphatic heterocycles. The van der Waals surface area contributed by atoms with Crippen molar-refractivity contribution in [2.24, 2.45) is 0 Å². The van der Waals surface area contributed by atoms with E-state index in [1.165, 1.54) is 11.1 Å². The van der Waals surface area contributed by atoms with Crippen LogP contribution in [0.4, 0.5) is 0 Å². The Morgan fingerprint density at radius 2 is 2.08 bits per heavy atom. The Morgan fingerprint density at radius 1 is 1.24 bits per heavy atom. The standard InChI is InChI=1S/C18H17ClN4O2/c19-13-7-11(8-14-16(13)23-18(25)22-14)17(24)21-9-15-12-4-2-1-3-10(12)5-6-20-15/h1-4,7-8,15,20H,5-6,9H2,(H,21,24)(H2,22,23,25). The van der Waals surface area contributed by atoms with Gasteiger partial charge < -0.3 is 20.6 Å². The van der Waals surface area contributed by atoms with E-state index in [0.717, 1.165) is 13.0 Å². The summed E-state index contributed by atoms with van der Waals surface area (Å²) in [7, 11) is 0. The molecule has 0 aliphatic carbocycles. The van der Waals surface area contributed by atoms with Crippen LogP contribution in [0.25, 0.3) is 11.0 Å². The second-order valence-electron chi connectivity index (χ2n) is 6.13. The van der Waals surface area contributed by atoms with Gasteiger partial charge in [-0.25, -0.2) is 4.79 Å². The summed E-state index contributed by atoms with van der Waals surface area (Å²) in [5, 5.41) is 6.71. The molecule has 2 heterocycles. The molecular formula is C18H17ClN4O2. The van der Waals surface area contributed by atoms with E-state index in [0.29, 0.717) is 28.2 Å². The van der Waals surface area contributed by atoms with Crippen molar-refractivity contribution in [3.05, 3.63) is 68.6 Å². The van der Waals surface area contributed by atoms with Crippen LogP contribution in [0.15, 0.2) is 41.2 Å². The maximum atomic E-state index is 12.5. The Kier molecular flexibility index (Phi) is 4.07. The predicted octanol–water partition coefficient (Wildman–Crippen LogP) is 2.13. The van der Waals surface area contributed by atoms with Crippen LogP contribution in [-0.2, 0) is 6.42 Å². The van der Waals surface area contributed by atoms with E-state index < -0.39 is 0 Å². The molecule has 3 aromatic rings. The topological polar surface area (TPSA) is 89.8 Å². The Morgan fingerprint density at radius 3 is 2.96 bits per heavy atom. The van der Waals surface area contributed by atoms with E-state index in [9.17, 15) is 9.59 Å². The summed E-state index contributed by atoms with van der Waals surface area (Å²) in [6.07, 6.45) is 0.994. The molecule has 0 fully saturated rings. The Hall–Kier alpha value is -2.57. The molecule has 128 valence electrons. The first-order chi connectivity index (χ1) is 12.1. The SMILES string of the molecule is O=C(NCC1NCCc2ccccc21)c1cc(Cl)c2[nH]c(=O)[nH]c2c1. The van der Waals surface area contributed by atoms with Gasteiger partial charge in [-0.2, -0.15) is 0 Å². The van der Waals surface area contributed by atoms with Crippen molar-refractivity contribution in [1.82, 2.24) is 20.6 Å². The molecule has 1 aromatic heterocycles. The molecule has 0 saturated carbocycles. The predicted molar refractivity (Wildman–Crippen MR) is 97.2 cm³/mol. The van der Waals surface area contributed by atoms with E-state index >= 15 is 0 Å². The average molecular weight is 357 g/mol. The number of fused-ring (bicyclic) bond motifs is 2. The molecule has 1 atom stereocenters. The van der Waals surface area contributed by atoms with Crippen LogP contribution in [0.3, 0.4) is 0 Å². The summed E-state index contributed by atoms with van der Waals surface area (Å²) >= 11 is 6.15. The number of nitrogens with one attached hydrogen (secondary N) is 4. The minimum Gasteiger partial charge on any atom is -0.350 e. The van der Waals surface area contributed by atoms with Gasteiger partial charge in [-0.3, -0.25) is 4.79 Å². The number of rotatable bonds is 3. The van der Waals surface area contributed by atoms with E-state index in [1.807, 2.05) is 12.1 Å². The van der Waals surface area contributed by atoms with Crippen LogP contribution in [-0.4, -0.2) is 29.0 Å². The van der Waals surface area contributed by atoms with Gasteiger partial charge in [0.25, 0.3) is 5.91 Å². The van der Waals surface area contributed by atoms with E-state index in [-0.39, 0.29) is 17.6 Å². The van der Waals surface area contributed by atoms with Gasteiger partial charge in [0.1, 0.15) is 0 Å². The zero-order valence-corrected chi connectivity index (χ0v) is 14.1. The number of halogens is 1. The maximum Gasteiger partial charge on any atom is 0.323 e. The molecular weight excluding hydrogens is 340 g/mol. The smallest absolute Gasteiger partial charge is 0.323 e. The van der Waals surface area contributed by atoms with Gasteiger partial charge in [0.15, 0.2) is 0 Å². The minimum absolute atomic E-state index is 0.0835. The molecule has 4 rings (SSSR count). The quantitative estimate of drug-likeness (QED) is 0.579. The highest BCUT2D eigenvalue weighted by molar-refractivity contribution is 6.35. The van der Waals surface area contributed by atoms with Crippen molar-refractivity contribution in [1.29, 1.82) is 0 Å². The molecule has 0 saturated heterocycles. The lowest BCUT2D eigenvalue weighted by Gasteiger charge is -2.27. The lowest BCUT2D eigenvalue weighted by Crippen LogP contribution is -2.38. The molecule has 1 aliphatic rings. The van der Waals surface area contributed by atoms with Gasteiger partial charge >= 0.3 is 5.69 Å². The number of hydrogen-bond acceptors (Lipinski definition) is 3. The number of hydrogen-bond donors (Lipinski definition) is 4. The largest absolute Gasteiger partial charge is 0.350 e. The number of amides is 1. The van der Waals surface area contributed by atoms with Gasteiger partial charge in [0.05, 0.1) is 16.1 Å². The number of carbonyl (C=O) groups excluding carboxylic acids is 1. The van der Waals surface area contributed by atoms with E-state index in [1.54, 1.807) is 12.1 Å². The molecule has 1 unspecified atom stereocenters. The van der Waals surface area contributed by atoms with Crippen LogP contribution in [0.5, 0.6) is 0 Å². The summed E-state index contributed by atoms with van der Waals surface area (Å²) < 4.78 is 0. The Bertz CT molecular complexity index is 1010. The van der Waals surface area contributed by atoms with E-state index in [4.69, 9.17) is 11.6 Å². The van der Waals surface area contributed by atoms with Gasteiger partial charge in [0, 0.05) is 18.2 Å². The lowest BCUT2D eigenvalue weighted by atomic mass is 9.94. The normalized spacial score (nSPS) is 16.6. The maximum absolute atomic E-state index is 12.5. The third kappa shape index (κ3) is 3.06. The van der Waals surface area contributed by atoms with Crippen LogP contribution in [0, 0.1) is 0 Å². The summed E-state index contributed by atoms with van der Waals surface area (Å²) in [6, 6.07) is 11.5. The first-order valence-corrected chi connectivity index (χ1v) is 8.50. The van der Waals surface area contributed by atoms with Crippen molar-refractivity contribution in [3.8, 4) is 0 Å². The second kappa shape index (κ2) is 6.38.